The zero-order chi connectivity index (χ0) is 19.2. The first kappa shape index (κ1) is 17.5. The van der Waals surface area contributed by atoms with Gasteiger partial charge in [-0.15, -0.1) is 6.42 Å². The lowest BCUT2D eigenvalue weighted by atomic mass is 10.2. The first-order chi connectivity index (χ1) is 12.3. The molecule has 0 N–H and O–H groups in total. The van der Waals surface area contributed by atoms with Crippen LogP contribution in [0.15, 0.2) is 21.7 Å². The summed E-state index contributed by atoms with van der Waals surface area (Å²) in [6.45, 7) is 2.88. The van der Waals surface area contributed by atoms with Crippen molar-refractivity contribution in [3.63, 3.8) is 0 Å². The molecule has 26 heavy (non-hydrogen) atoms. The van der Waals surface area contributed by atoms with Gasteiger partial charge in [-0.25, -0.2) is 13.8 Å². The molecule has 0 bridgehead atoms. The lowest BCUT2D eigenvalue weighted by Gasteiger charge is -2.28. The van der Waals surface area contributed by atoms with Crippen molar-refractivity contribution in [1.29, 1.82) is 0 Å². The van der Waals surface area contributed by atoms with Gasteiger partial charge in [0, 0.05) is 24.4 Å². The van der Waals surface area contributed by atoms with Gasteiger partial charge in [-0.3, -0.25) is 14.5 Å². The SMILES string of the molecule is C#CCN1C(=O)COc2cc(F)c(-n3c(=O)c(C)c(C)n(C)c3=O)cc21. The quantitative estimate of drug-likeness (QED) is 0.740. The summed E-state index contributed by atoms with van der Waals surface area (Å²) in [5, 5.41) is 0. The molecule has 0 fully saturated rings. The van der Waals surface area contributed by atoms with Crippen molar-refractivity contribution in [2.45, 2.75) is 13.8 Å². The molecule has 8 heteroatoms. The monoisotopic (exact) mass is 357 g/mol. The average molecular weight is 357 g/mol. The minimum absolute atomic E-state index is 0.0416. The van der Waals surface area contributed by atoms with E-state index in [-0.39, 0.29) is 30.3 Å². The number of rotatable bonds is 2. The number of nitrogens with zero attached hydrogens (tertiary/aromatic N) is 3. The van der Waals surface area contributed by atoms with E-state index in [1.807, 2.05) is 0 Å². The highest BCUT2D eigenvalue weighted by Gasteiger charge is 2.28. The molecule has 0 spiro atoms. The van der Waals surface area contributed by atoms with E-state index in [0.717, 1.165) is 10.6 Å². The maximum absolute atomic E-state index is 14.7. The van der Waals surface area contributed by atoms with Crippen LogP contribution in [0.1, 0.15) is 11.3 Å². The van der Waals surface area contributed by atoms with E-state index in [0.29, 0.717) is 11.3 Å². The molecule has 2 aromatic rings. The molecule has 0 saturated heterocycles. The molecule has 2 heterocycles. The molecular formula is C18H16FN3O4. The zero-order valence-electron chi connectivity index (χ0n) is 14.5. The summed E-state index contributed by atoms with van der Waals surface area (Å²) >= 11 is 0. The van der Waals surface area contributed by atoms with Crippen LogP contribution in [-0.2, 0) is 11.8 Å². The summed E-state index contributed by atoms with van der Waals surface area (Å²) < 4.78 is 21.9. The fourth-order valence-electron chi connectivity index (χ4n) is 2.81. The molecule has 0 radical (unpaired) electrons. The predicted octanol–water partition coefficient (Wildman–Crippen LogP) is 0.651. The van der Waals surface area contributed by atoms with Crippen LogP contribution in [0.3, 0.4) is 0 Å². The third kappa shape index (κ3) is 2.49. The maximum Gasteiger partial charge on any atom is 0.335 e. The summed E-state index contributed by atoms with van der Waals surface area (Å²) in [4.78, 5) is 38.5. The second-order valence-corrected chi connectivity index (χ2v) is 5.94. The van der Waals surface area contributed by atoms with Gasteiger partial charge in [-0.2, -0.15) is 0 Å². The van der Waals surface area contributed by atoms with Gasteiger partial charge in [-0.1, -0.05) is 5.92 Å². The van der Waals surface area contributed by atoms with Crippen molar-refractivity contribution in [3.8, 4) is 23.8 Å². The Balaban J connectivity index is 2.33. The van der Waals surface area contributed by atoms with E-state index in [1.54, 1.807) is 13.8 Å². The number of terminal acetylenes is 1. The molecule has 1 aliphatic rings. The van der Waals surface area contributed by atoms with Gasteiger partial charge in [0.15, 0.2) is 12.4 Å². The number of hydrogen-bond acceptors (Lipinski definition) is 4. The van der Waals surface area contributed by atoms with Crippen LogP contribution >= 0.6 is 0 Å². The molecule has 0 saturated carbocycles. The Kier molecular flexibility index (Phi) is 4.16. The number of carbonyl (C=O) groups excluding carboxylic acids is 1. The minimum atomic E-state index is -0.818. The Morgan fingerprint density at radius 3 is 2.58 bits per heavy atom. The third-order valence-corrected chi connectivity index (χ3v) is 4.51. The van der Waals surface area contributed by atoms with E-state index >= 15 is 0 Å². The molecular weight excluding hydrogens is 341 g/mol. The number of carbonyl (C=O) groups is 1. The molecule has 0 unspecified atom stereocenters. The molecule has 3 rings (SSSR count). The summed E-state index contributed by atoms with van der Waals surface area (Å²) in [6, 6.07) is 2.28. The second-order valence-electron chi connectivity index (χ2n) is 5.94. The van der Waals surface area contributed by atoms with Gasteiger partial charge in [-0.05, 0) is 19.9 Å². The van der Waals surface area contributed by atoms with Gasteiger partial charge < -0.3 is 9.30 Å². The number of aromatic nitrogens is 2. The summed E-state index contributed by atoms with van der Waals surface area (Å²) in [5.74, 6) is 1.26. The van der Waals surface area contributed by atoms with Crippen molar-refractivity contribution in [3.05, 3.63) is 50.0 Å². The molecule has 1 amide bonds. The lowest BCUT2D eigenvalue weighted by Crippen LogP contribution is -2.42. The van der Waals surface area contributed by atoms with Gasteiger partial charge in [0.25, 0.3) is 11.5 Å². The number of benzene rings is 1. The number of fused-ring (bicyclic) bond motifs is 1. The Labute approximate surface area is 148 Å². The highest BCUT2D eigenvalue weighted by atomic mass is 19.1. The summed E-state index contributed by atoms with van der Waals surface area (Å²) in [5.41, 5.74) is -0.570. The Hall–Kier alpha value is -3.34. The van der Waals surface area contributed by atoms with Crippen molar-refractivity contribution < 1.29 is 13.9 Å². The molecule has 1 aliphatic heterocycles. The van der Waals surface area contributed by atoms with Crippen LogP contribution < -0.4 is 20.9 Å². The molecule has 1 aromatic carbocycles. The largest absolute Gasteiger partial charge is 0.481 e. The number of ether oxygens (including phenoxy) is 1. The number of amides is 1. The molecule has 0 aliphatic carbocycles. The van der Waals surface area contributed by atoms with E-state index in [1.165, 1.54) is 22.6 Å². The fraction of sp³-hybridized carbons (Fsp3) is 0.278. The van der Waals surface area contributed by atoms with Crippen molar-refractivity contribution >= 4 is 11.6 Å². The van der Waals surface area contributed by atoms with Crippen molar-refractivity contribution in [2.75, 3.05) is 18.1 Å². The minimum Gasteiger partial charge on any atom is -0.481 e. The topological polar surface area (TPSA) is 73.5 Å². The van der Waals surface area contributed by atoms with Crippen molar-refractivity contribution in [1.82, 2.24) is 9.13 Å². The second kappa shape index (κ2) is 6.19. The highest BCUT2D eigenvalue weighted by Crippen LogP contribution is 2.35. The first-order valence-electron chi connectivity index (χ1n) is 7.77. The molecule has 1 aromatic heterocycles. The van der Waals surface area contributed by atoms with Crippen LogP contribution in [0.4, 0.5) is 10.1 Å². The smallest absolute Gasteiger partial charge is 0.335 e. The maximum atomic E-state index is 14.7. The van der Waals surface area contributed by atoms with Gasteiger partial charge >= 0.3 is 5.69 Å². The van der Waals surface area contributed by atoms with E-state index in [2.05, 4.69) is 5.92 Å². The molecule has 0 atom stereocenters. The predicted molar refractivity (Wildman–Crippen MR) is 93.4 cm³/mol. The van der Waals surface area contributed by atoms with Gasteiger partial charge in [0.2, 0.25) is 0 Å². The molecule has 134 valence electrons. The summed E-state index contributed by atoms with van der Waals surface area (Å²) in [7, 11) is 1.49. The zero-order valence-corrected chi connectivity index (χ0v) is 14.5. The average Bonchev–Trinajstić information content (AvgIpc) is 2.62. The first-order valence-corrected chi connectivity index (χ1v) is 7.77. The third-order valence-electron chi connectivity index (χ3n) is 4.51. The van der Waals surface area contributed by atoms with Gasteiger partial charge in [0.1, 0.15) is 5.75 Å². The summed E-state index contributed by atoms with van der Waals surface area (Å²) in [6.07, 6.45) is 5.30. The van der Waals surface area contributed by atoms with Crippen molar-refractivity contribution in [2.24, 2.45) is 7.05 Å². The number of halogens is 1. The number of hydrogen-bond donors (Lipinski definition) is 0. The van der Waals surface area contributed by atoms with Gasteiger partial charge in [0.05, 0.1) is 17.9 Å². The van der Waals surface area contributed by atoms with E-state index in [4.69, 9.17) is 11.2 Å². The number of anilines is 1. The Morgan fingerprint density at radius 2 is 1.92 bits per heavy atom. The van der Waals surface area contributed by atoms with E-state index in [9.17, 15) is 18.8 Å². The highest BCUT2D eigenvalue weighted by molar-refractivity contribution is 5.98. The van der Waals surface area contributed by atoms with Crippen LogP contribution in [0.2, 0.25) is 0 Å². The Bertz CT molecular complexity index is 1050. The fourth-order valence-corrected chi connectivity index (χ4v) is 2.81. The normalized spacial score (nSPS) is 13.2. The lowest BCUT2D eigenvalue weighted by molar-refractivity contribution is -0.121. The van der Waals surface area contributed by atoms with Crippen LogP contribution in [0.5, 0.6) is 5.75 Å². The Morgan fingerprint density at radius 1 is 1.23 bits per heavy atom. The van der Waals surface area contributed by atoms with Crippen LogP contribution in [-0.4, -0.2) is 28.2 Å². The van der Waals surface area contributed by atoms with Crippen LogP contribution in [0, 0.1) is 32.0 Å². The van der Waals surface area contributed by atoms with E-state index < -0.39 is 23.0 Å². The standard InChI is InChI=1S/C18H16FN3O4/c1-5-6-21-14-8-13(12(19)7-15(14)26-9-16(21)23)22-17(24)10(2)11(3)20(4)18(22)25/h1,7-8H,6,9H2,2-4H3. The van der Waals surface area contributed by atoms with Crippen LogP contribution in [0.25, 0.3) is 5.69 Å². The molecule has 7 nitrogen and oxygen atoms in total.